The van der Waals surface area contributed by atoms with Gasteiger partial charge in [-0.1, -0.05) is 0 Å². The van der Waals surface area contributed by atoms with Gasteiger partial charge in [0.25, 0.3) is 0 Å². The first-order chi connectivity index (χ1) is 9.35. The molecule has 0 saturated carbocycles. The van der Waals surface area contributed by atoms with E-state index in [-0.39, 0.29) is 11.0 Å². The normalized spacial score (nSPS) is 20.8. The van der Waals surface area contributed by atoms with Crippen LogP contribution in [0.4, 0.5) is 8.28 Å². The summed E-state index contributed by atoms with van der Waals surface area (Å²) in [5.41, 5.74) is -1.54. The van der Waals surface area contributed by atoms with Crippen molar-refractivity contribution in [1.82, 2.24) is 0 Å². The highest BCUT2D eigenvalue weighted by Gasteiger charge is 2.52. The van der Waals surface area contributed by atoms with E-state index in [1.807, 2.05) is 0 Å². The fraction of sp³-hybridized carbons (Fsp3) is 0.538. The minimum atomic E-state index is -4.94. The SMILES string of the molecule is Cc1cc(F)c(B2OC(C)(C)C(C)(C)O2)cc1S(=O)(=O)F. The van der Waals surface area contributed by atoms with Gasteiger partial charge in [-0.25, -0.2) is 4.39 Å². The van der Waals surface area contributed by atoms with E-state index in [2.05, 4.69) is 0 Å². The Kier molecular flexibility index (Phi) is 3.71. The topological polar surface area (TPSA) is 52.6 Å². The maximum absolute atomic E-state index is 14.1. The van der Waals surface area contributed by atoms with Crippen molar-refractivity contribution >= 4 is 22.8 Å². The summed E-state index contributed by atoms with van der Waals surface area (Å²) in [6, 6.07) is 1.90. The summed E-state index contributed by atoms with van der Waals surface area (Å²) in [5, 5.41) is 0. The summed E-state index contributed by atoms with van der Waals surface area (Å²) < 4.78 is 60.9. The standard InChI is InChI=1S/C13H17BF2O4S/c1-8-6-10(15)9(7-11(8)21(16,17)18)14-19-12(2,3)13(4,5)20-14/h6-7H,1-5H3. The van der Waals surface area contributed by atoms with E-state index in [0.29, 0.717) is 0 Å². The van der Waals surface area contributed by atoms with Crippen LogP contribution in [0, 0.1) is 12.7 Å². The number of hydrogen-bond donors (Lipinski definition) is 0. The predicted octanol–water partition coefficient (Wildman–Crippen LogP) is 2.09. The minimum Gasteiger partial charge on any atom is -0.399 e. The lowest BCUT2D eigenvalue weighted by atomic mass is 9.78. The van der Waals surface area contributed by atoms with Crippen molar-refractivity contribution in [3.05, 3.63) is 23.5 Å². The fourth-order valence-corrected chi connectivity index (χ4v) is 2.79. The molecule has 0 bridgehead atoms. The Morgan fingerprint density at radius 1 is 1.10 bits per heavy atom. The highest BCUT2D eigenvalue weighted by molar-refractivity contribution is 7.86. The maximum Gasteiger partial charge on any atom is 0.497 e. The van der Waals surface area contributed by atoms with Crippen LogP contribution in [-0.2, 0) is 19.5 Å². The van der Waals surface area contributed by atoms with Gasteiger partial charge in [0.2, 0.25) is 0 Å². The van der Waals surface area contributed by atoms with Gasteiger partial charge in [-0.05, 0) is 52.3 Å². The van der Waals surface area contributed by atoms with Crippen LogP contribution in [0.2, 0.25) is 0 Å². The fourth-order valence-electron chi connectivity index (χ4n) is 2.08. The predicted molar refractivity (Wildman–Crippen MR) is 75.1 cm³/mol. The third-order valence-corrected chi connectivity index (χ3v) is 5.03. The van der Waals surface area contributed by atoms with Gasteiger partial charge >= 0.3 is 17.3 Å². The van der Waals surface area contributed by atoms with E-state index in [4.69, 9.17) is 9.31 Å². The minimum absolute atomic E-state index is 0.00438. The number of benzene rings is 1. The van der Waals surface area contributed by atoms with Gasteiger partial charge in [-0.2, -0.15) is 8.42 Å². The molecule has 0 radical (unpaired) electrons. The highest BCUT2D eigenvalue weighted by Crippen LogP contribution is 2.36. The van der Waals surface area contributed by atoms with E-state index < -0.39 is 39.3 Å². The molecule has 116 valence electrons. The average Bonchev–Trinajstić information content (AvgIpc) is 2.45. The lowest BCUT2D eigenvalue weighted by Crippen LogP contribution is -2.41. The molecule has 0 aliphatic carbocycles. The molecule has 1 aromatic rings. The van der Waals surface area contributed by atoms with Gasteiger partial charge in [0.15, 0.2) is 0 Å². The Labute approximate surface area is 123 Å². The van der Waals surface area contributed by atoms with Crippen molar-refractivity contribution in [2.75, 3.05) is 0 Å². The smallest absolute Gasteiger partial charge is 0.399 e. The molecule has 2 rings (SSSR count). The van der Waals surface area contributed by atoms with Crippen molar-refractivity contribution in [3.63, 3.8) is 0 Å². The molecule has 0 spiro atoms. The number of rotatable bonds is 2. The summed E-state index contributed by atoms with van der Waals surface area (Å²) in [5.74, 6) is -0.696. The third kappa shape index (κ3) is 2.84. The van der Waals surface area contributed by atoms with Crippen LogP contribution in [0.3, 0.4) is 0 Å². The molecular weight excluding hydrogens is 301 g/mol. The molecule has 1 aromatic carbocycles. The molecule has 8 heteroatoms. The van der Waals surface area contributed by atoms with E-state index >= 15 is 0 Å². The lowest BCUT2D eigenvalue weighted by Gasteiger charge is -2.32. The van der Waals surface area contributed by atoms with Crippen LogP contribution in [0.1, 0.15) is 33.3 Å². The van der Waals surface area contributed by atoms with Crippen LogP contribution in [0.15, 0.2) is 17.0 Å². The molecule has 0 N–H and O–H groups in total. The molecule has 1 heterocycles. The highest BCUT2D eigenvalue weighted by atomic mass is 32.3. The Balaban J connectivity index is 2.52. The van der Waals surface area contributed by atoms with Gasteiger partial charge in [0.1, 0.15) is 10.7 Å². The average molecular weight is 318 g/mol. The molecule has 21 heavy (non-hydrogen) atoms. The zero-order valence-electron chi connectivity index (χ0n) is 12.5. The van der Waals surface area contributed by atoms with Crippen LogP contribution in [0.5, 0.6) is 0 Å². The molecule has 1 aliphatic rings. The van der Waals surface area contributed by atoms with E-state index in [0.717, 1.165) is 12.1 Å². The lowest BCUT2D eigenvalue weighted by molar-refractivity contribution is 0.00578. The molecule has 0 unspecified atom stereocenters. The van der Waals surface area contributed by atoms with Crippen molar-refractivity contribution in [2.24, 2.45) is 0 Å². The van der Waals surface area contributed by atoms with E-state index in [1.165, 1.54) is 6.92 Å². The van der Waals surface area contributed by atoms with Gasteiger partial charge in [-0.3, -0.25) is 0 Å². The summed E-state index contributed by atoms with van der Waals surface area (Å²) in [6.07, 6.45) is 0. The third-order valence-electron chi connectivity index (χ3n) is 4.06. The summed E-state index contributed by atoms with van der Waals surface area (Å²) in [7, 11) is -6.02. The Morgan fingerprint density at radius 3 is 2.00 bits per heavy atom. The summed E-state index contributed by atoms with van der Waals surface area (Å²) in [4.78, 5) is -0.575. The number of hydrogen-bond acceptors (Lipinski definition) is 4. The van der Waals surface area contributed by atoms with Crippen molar-refractivity contribution in [1.29, 1.82) is 0 Å². The molecule has 1 aliphatic heterocycles. The van der Waals surface area contributed by atoms with Crippen molar-refractivity contribution in [3.8, 4) is 0 Å². The van der Waals surface area contributed by atoms with E-state index in [9.17, 15) is 16.7 Å². The Hall–Kier alpha value is -0.985. The summed E-state index contributed by atoms with van der Waals surface area (Å²) >= 11 is 0. The van der Waals surface area contributed by atoms with E-state index in [1.54, 1.807) is 27.7 Å². The summed E-state index contributed by atoms with van der Waals surface area (Å²) in [6.45, 7) is 8.46. The van der Waals surface area contributed by atoms with Gasteiger partial charge < -0.3 is 9.31 Å². The molecule has 0 aromatic heterocycles. The van der Waals surface area contributed by atoms with Crippen LogP contribution in [0.25, 0.3) is 0 Å². The monoisotopic (exact) mass is 318 g/mol. The number of aryl methyl sites for hydroxylation is 1. The first-order valence-electron chi connectivity index (χ1n) is 6.45. The molecule has 1 saturated heterocycles. The Morgan fingerprint density at radius 2 is 1.57 bits per heavy atom. The largest absolute Gasteiger partial charge is 0.497 e. The van der Waals surface area contributed by atoms with Gasteiger partial charge in [-0.15, -0.1) is 3.89 Å². The molecule has 4 nitrogen and oxygen atoms in total. The zero-order chi connectivity index (χ0) is 16.2. The second kappa shape index (κ2) is 4.76. The molecular formula is C13H17BF2O4S. The molecule has 1 fully saturated rings. The van der Waals surface area contributed by atoms with Crippen LogP contribution >= 0.6 is 0 Å². The first-order valence-corrected chi connectivity index (χ1v) is 7.84. The molecule has 0 atom stereocenters. The number of halogens is 2. The van der Waals surface area contributed by atoms with Crippen molar-refractivity contribution < 1.29 is 26.0 Å². The maximum atomic E-state index is 14.1. The zero-order valence-corrected chi connectivity index (χ0v) is 13.3. The van der Waals surface area contributed by atoms with Crippen LogP contribution < -0.4 is 5.46 Å². The molecule has 0 amide bonds. The van der Waals surface area contributed by atoms with Crippen LogP contribution in [-0.4, -0.2) is 26.7 Å². The van der Waals surface area contributed by atoms with Gasteiger partial charge in [0, 0.05) is 5.46 Å². The van der Waals surface area contributed by atoms with Gasteiger partial charge in [0.05, 0.1) is 11.2 Å². The second-order valence-electron chi connectivity index (χ2n) is 6.17. The second-order valence-corrected chi connectivity index (χ2v) is 7.48. The first kappa shape index (κ1) is 16.4. The van der Waals surface area contributed by atoms with Crippen molar-refractivity contribution in [2.45, 2.75) is 50.7 Å². The quantitative estimate of drug-likeness (QED) is 0.619. The Bertz CT molecular complexity index is 670.